The summed E-state index contributed by atoms with van der Waals surface area (Å²) in [7, 11) is -11.8. The number of phenols is 1. The van der Waals surface area contributed by atoms with Crippen LogP contribution in [-0.2, 0) is 30.9 Å². The second kappa shape index (κ2) is 9.03. The van der Waals surface area contributed by atoms with Crippen molar-refractivity contribution in [2.75, 3.05) is 12.8 Å². The third-order valence-corrected chi connectivity index (χ3v) is 6.85. The molecule has 0 saturated heterocycles. The van der Waals surface area contributed by atoms with Gasteiger partial charge in [-0.2, -0.15) is 27.1 Å². The number of nitrogens with zero attached hydrogens (tertiary/aromatic N) is 4. The molecule has 0 aliphatic rings. The van der Waals surface area contributed by atoms with Gasteiger partial charge in [0.25, 0.3) is 20.2 Å². The Hall–Kier alpha value is -3.51. The lowest BCUT2D eigenvalue weighted by Crippen LogP contribution is -2.00. The van der Waals surface area contributed by atoms with E-state index in [1.807, 2.05) is 0 Å². The van der Waals surface area contributed by atoms with Gasteiger partial charge in [-0.15, -0.1) is 10.2 Å². The Balaban J connectivity index is 2.34. The molecule has 0 bridgehead atoms. The summed E-state index contributed by atoms with van der Waals surface area (Å²) in [6, 6.07) is 6.16. The fraction of sp³-hybridized carbons (Fsp3) is 0.0588. The molecule has 0 saturated carbocycles. The van der Waals surface area contributed by atoms with Gasteiger partial charge in [0.1, 0.15) is 26.9 Å². The standard InChI is InChI=1S/C17H15N5O9S3/c1-19-21-16-14(34(29,30)31)7-10-9(17(16)23)3-4-11(18)15(10)22-20-12-5-2-8(32(24)25)6-13(12)33(26,27)28/h2-7,23,32H,18H2,1H3,(H,26,27,28)(H,29,30,31). The van der Waals surface area contributed by atoms with Crippen LogP contribution in [0.5, 0.6) is 5.75 Å². The molecule has 14 nitrogen and oxygen atoms in total. The number of phenolic OH excluding ortho intramolecular Hbond substituents is 1. The van der Waals surface area contributed by atoms with E-state index in [4.69, 9.17) is 5.73 Å². The average Bonchev–Trinajstić information content (AvgIpc) is 2.73. The van der Waals surface area contributed by atoms with Crippen LogP contribution < -0.4 is 5.73 Å². The van der Waals surface area contributed by atoms with E-state index < -0.39 is 62.8 Å². The van der Waals surface area contributed by atoms with Gasteiger partial charge in [0.15, 0.2) is 16.5 Å². The first-order valence-electron chi connectivity index (χ1n) is 8.79. The summed E-state index contributed by atoms with van der Waals surface area (Å²) in [5.41, 5.74) is 4.58. The molecule has 0 aromatic heterocycles. The molecule has 3 aromatic carbocycles. The number of azo groups is 2. The van der Waals surface area contributed by atoms with E-state index in [1.165, 1.54) is 19.2 Å². The highest BCUT2D eigenvalue weighted by Gasteiger charge is 2.24. The van der Waals surface area contributed by atoms with Crippen LogP contribution in [0.15, 0.2) is 71.5 Å². The van der Waals surface area contributed by atoms with Crippen molar-refractivity contribution < 1.29 is 39.5 Å². The quantitative estimate of drug-likeness (QED) is 0.135. The summed E-state index contributed by atoms with van der Waals surface area (Å²) < 4.78 is 88.5. The molecule has 0 aliphatic heterocycles. The highest BCUT2D eigenvalue weighted by Crippen LogP contribution is 2.45. The highest BCUT2D eigenvalue weighted by atomic mass is 32.2. The van der Waals surface area contributed by atoms with Crippen LogP contribution in [0.25, 0.3) is 10.8 Å². The molecule has 0 radical (unpaired) electrons. The average molecular weight is 530 g/mol. The molecule has 0 aliphatic carbocycles. The highest BCUT2D eigenvalue weighted by molar-refractivity contribution is 7.86. The van der Waals surface area contributed by atoms with Gasteiger partial charge >= 0.3 is 0 Å². The van der Waals surface area contributed by atoms with Crippen LogP contribution in [0.3, 0.4) is 0 Å². The van der Waals surface area contributed by atoms with Crippen LogP contribution >= 0.6 is 0 Å². The van der Waals surface area contributed by atoms with Crippen molar-refractivity contribution in [3.05, 3.63) is 36.4 Å². The molecule has 0 atom stereocenters. The summed E-state index contributed by atoms with van der Waals surface area (Å²) in [6.45, 7) is 0. The SMILES string of the molecule is CN=Nc1c(S(=O)(=O)O)cc2c(N=Nc3ccc([SH](=O)=O)cc3S(=O)(=O)O)c(N)ccc2c1O. The Kier molecular flexibility index (Phi) is 6.67. The maximum absolute atomic E-state index is 11.9. The molecule has 0 spiro atoms. The Morgan fingerprint density at radius 2 is 1.47 bits per heavy atom. The Morgan fingerprint density at radius 3 is 2.03 bits per heavy atom. The number of rotatable bonds is 6. The lowest BCUT2D eigenvalue weighted by molar-refractivity contribution is 0.472. The molecular weight excluding hydrogens is 514 g/mol. The zero-order chi connectivity index (χ0) is 25.4. The van der Waals surface area contributed by atoms with E-state index in [1.54, 1.807) is 0 Å². The number of hydrogen-bond donors (Lipinski definition) is 5. The molecule has 17 heteroatoms. The minimum absolute atomic E-state index is 0.00773. The number of nitrogens with two attached hydrogens (primary N) is 1. The summed E-state index contributed by atoms with van der Waals surface area (Å²) >= 11 is 0. The summed E-state index contributed by atoms with van der Waals surface area (Å²) in [5.74, 6) is -0.672. The van der Waals surface area contributed by atoms with Crippen LogP contribution in [0.2, 0.25) is 0 Å². The van der Waals surface area contributed by atoms with Gasteiger partial charge in [-0.3, -0.25) is 9.11 Å². The zero-order valence-corrected chi connectivity index (χ0v) is 19.4. The van der Waals surface area contributed by atoms with Gasteiger partial charge in [0.05, 0.1) is 10.6 Å². The number of aromatic hydroxyl groups is 1. The maximum Gasteiger partial charge on any atom is 0.296 e. The molecule has 5 N–H and O–H groups in total. The monoisotopic (exact) mass is 529 g/mol. The number of nitrogen functional groups attached to an aromatic ring is 1. The first-order valence-corrected chi connectivity index (χ1v) is 12.8. The van der Waals surface area contributed by atoms with Gasteiger partial charge in [-0.1, -0.05) is 0 Å². The fourth-order valence-corrected chi connectivity index (χ4v) is 4.75. The molecule has 180 valence electrons. The van der Waals surface area contributed by atoms with E-state index in [0.29, 0.717) is 6.07 Å². The van der Waals surface area contributed by atoms with Crippen LogP contribution in [0.1, 0.15) is 0 Å². The fourth-order valence-electron chi connectivity index (χ4n) is 2.94. The minimum atomic E-state index is -4.92. The second-order valence-corrected chi connectivity index (χ2v) is 10.3. The largest absolute Gasteiger partial charge is 0.505 e. The van der Waals surface area contributed by atoms with E-state index >= 15 is 0 Å². The van der Waals surface area contributed by atoms with Crippen molar-refractivity contribution in [1.82, 2.24) is 0 Å². The van der Waals surface area contributed by atoms with Crippen molar-refractivity contribution in [2.24, 2.45) is 20.5 Å². The van der Waals surface area contributed by atoms with Crippen LogP contribution in [-0.4, -0.2) is 46.5 Å². The minimum Gasteiger partial charge on any atom is -0.505 e. The molecule has 0 amide bonds. The van der Waals surface area contributed by atoms with Crippen LogP contribution in [0, 0.1) is 0 Å². The molecule has 0 fully saturated rings. The van der Waals surface area contributed by atoms with Crippen molar-refractivity contribution in [3.63, 3.8) is 0 Å². The Bertz CT molecular complexity index is 1670. The normalized spacial score (nSPS) is 12.9. The van der Waals surface area contributed by atoms with Crippen molar-refractivity contribution >= 4 is 64.5 Å². The van der Waals surface area contributed by atoms with Gasteiger partial charge in [0.2, 0.25) is 0 Å². The van der Waals surface area contributed by atoms with E-state index in [2.05, 4.69) is 20.5 Å². The van der Waals surface area contributed by atoms with E-state index in [-0.39, 0.29) is 22.1 Å². The molecule has 34 heavy (non-hydrogen) atoms. The predicted molar refractivity (Wildman–Crippen MR) is 119 cm³/mol. The van der Waals surface area contributed by atoms with Crippen LogP contribution in [0.4, 0.5) is 22.7 Å². The maximum atomic E-state index is 11.9. The Labute approximate surface area is 193 Å². The zero-order valence-electron chi connectivity index (χ0n) is 16.9. The molecule has 0 heterocycles. The molecule has 0 unspecified atom stereocenters. The van der Waals surface area contributed by atoms with Crippen molar-refractivity contribution in [3.8, 4) is 5.75 Å². The van der Waals surface area contributed by atoms with Gasteiger partial charge < -0.3 is 10.8 Å². The lowest BCUT2D eigenvalue weighted by atomic mass is 10.1. The smallest absolute Gasteiger partial charge is 0.296 e. The first-order chi connectivity index (χ1) is 15.8. The number of hydrogen-bond acceptors (Lipinski definition) is 12. The Morgan fingerprint density at radius 1 is 0.824 bits per heavy atom. The summed E-state index contributed by atoms with van der Waals surface area (Å²) in [6.07, 6.45) is 0. The van der Waals surface area contributed by atoms with E-state index in [9.17, 15) is 39.5 Å². The predicted octanol–water partition coefficient (Wildman–Crippen LogP) is 2.72. The molecule has 3 rings (SSSR count). The number of fused-ring (bicyclic) bond motifs is 1. The topological polar surface area (TPSA) is 239 Å². The third kappa shape index (κ3) is 4.87. The second-order valence-electron chi connectivity index (χ2n) is 6.53. The van der Waals surface area contributed by atoms with Gasteiger partial charge in [0, 0.05) is 17.8 Å². The summed E-state index contributed by atoms with van der Waals surface area (Å²) in [5, 5.41) is 24.9. The summed E-state index contributed by atoms with van der Waals surface area (Å²) in [4.78, 5) is -2.09. The number of anilines is 1. The molecule has 3 aromatic rings. The first kappa shape index (κ1) is 25.1. The third-order valence-electron chi connectivity index (χ3n) is 4.40. The van der Waals surface area contributed by atoms with E-state index in [0.717, 1.165) is 18.2 Å². The van der Waals surface area contributed by atoms with Crippen molar-refractivity contribution in [2.45, 2.75) is 14.7 Å². The van der Waals surface area contributed by atoms with Crippen molar-refractivity contribution in [1.29, 1.82) is 0 Å². The molecular formula is C17H15N5O9S3. The van der Waals surface area contributed by atoms with Gasteiger partial charge in [-0.25, -0.2) is 8.42 Å². The lowest BCUT2D eigenvalue weighted by Gasteiger charge is -2.11. The number of thiol groups is 1. The number of benzene rings is 3. The van der Waals surface area contributed by atoms with Gasteiger partial charge in [-0.05, 0) is 36.4 Å².